The van der Waals surface area contributed by atoms with Crippen LogP contribution in [0, 0.1) is 0 Å². The van der Waals surface area contributed by atoms with Crippen LogP contribution in [0.3, 0.4) is 0 Å². The molecule has 0 aliphatic heterocycles. The minimum atomic E-state index is -4.88. The summed E-state index contributed by atoms with van der Waals surface area (Å²) in [6, 6.07) is 15.5. The van der Waals surface area contributed by atoms with Crippen molar-refractivity contribution in [2.75, 3.05) is 0 Å². The SMILES string of the molecule is O=C(c1nc(-c2ccccn2)no1)c1c(C(F)(F)F)n(Cc2ccc(Cl)cc2Cl)c2ccccc12. The van der Waals surface area contributed by atoms with Gasteiger partial charge in [-0.3, -0.25) is 9.78 Å². The van der Waals surface area contributed by atoms with Crippen molar-refractivity contribution in [3.63, 3.8) is 0 Å². The number of para-hydroxylation sites is 1. The fraction of sp³-hybridized carbons (Fsp3) is 0.0833. The van der Waals surface area contributed by atoms with Crippen LogP contribution < -0.4 is 0 Å². The monoisotopic (exact) mass is 516 g/mol. The van der Waals surface area contributed by atoms with Crippen molar-refractivity contribution >= 4 is 39.9 Å². The molecule has 35 heavy (non-hydrogen) atoms. The van der Waals surface area contributed by atoms with E-state index < -0.39 is 29.1 Å². The number of benzene rings is 2. The number of ketones is 1. The highest BCUT2D eigenvalue weighted by Gasteiger charge is 2.42. The van der Waals surface area contributed by atoms with Crippen LogP contribution in [0.1, 0.15) is 27.5 Å². The lowest BCUT2D eigenvalue weighted by Gasteiger charge is -2.15. The zero-order valence-corrected chi connectivity index (χ0v) is 19.1. The first kappa shape index (κ1) is 23.1. The average Bonchev–Trinajstić information content (AvgIpc) is 3.45. The maximum Gasteiger partial charge on any atom is 0.432 e. The van der Waals surface area contributed by atoms with Crippen LogP contribution in [0.2, 0.25) is 10.0 Å². The molecule has 0 saturated heterocycles. The lowest BCUT2D eigenvalue weighted by atomic mass is 10.1. The molecule has 6 nitrogen and oxygen atoms in total. The Morgan fingerprint density at radius 1 is 1.03 bits per heavy atom. The van der Waals surface area contributed by atoms with Crippen molar-refractivity contribution in [1.29, 1.82) is 0 Å². The standard InChI is InChI=1S/C24H13Cl2F3N4O2/c25-14-9-8-13(16(26)11-14)12-33-18-7-2-1-5-15(18)19(21(33)24(27,28)29)20(34)23-31-22(32-35-23)17-6-3-4-10-30-17/h1-11H,12H2. The smallest absolute Gasteiger partial charge is 0.332 e. The van der Waals surface area contributed by atoms with E-state index >= 15 is 0 Å². The molecule has 0 fully saturated rings. The summed E-state index contributed by atoms with van der Waals surface area (Å²) < 4.78 is 49.4. The van der Waals surface area contributed by atoms with Gasteiger partial charge in [0.1, 0.15) is 11.4 Å². The van der Waals surface area contributed by atoms with Crippen molar-refractivity contribution in [3.05, 3.63) is 99.6 Å². The third kappa shape index (κ3) is 4.28. The fourth-order valence-corrected chi connectivity index (χ4v) is 4.30. The van der Waals surface area contributed by atoms with E-state index in [2.05, 4.69) is 15.1 Å². The van der Waals surface area contributed by atoms with Gasteiger partial charge in [0, 0.05) is 33.7 Å². The molecule has 5 aromatic rings. The highest BCUT2D eigenvalue weighted by atomic mass is 35.5. The summed E-state index contributed by atoms with van der Waals surface area (Å²) in [6.45, 7) is -0.248. The zero-order chi connectivity index (χ0) is 24.7. The number of nitrogens with zero attached hydrogens (tertiary/aromatic N) is 4. The van der Waals surface area contributed by atoms with Crippen molar-refractivity contribution < 1.29 is 22.5 Å². The zero-order valence-electron chi connectivity index (χ0n) is 17.6. The van der Waals surface area contributed by atoms with Crippen molar-refractivity contribution in [1.82, 2.24) is 19.7 Å². The molecule has 11 heteroatoms. The van der Waals surface area contributed by atoms with Gasteiger partial charge in [-0.25, -0.2) is 0 Å². The summed E-state index contributed by atoms with van der Waals surface area (Å²) in [5.41, 5.74) is -0.830. The van der Waals surface area contributed by atoms with Gasteiger partial charge in [-0.2, -0.15) is 18.2 Å². The Labute approximate surface area is 205 Å². The quantitative estimate of drug-likeness (QED) is 0.243. The predicted octanol–water partition coefficient (Wildman–Crippen LogP) is 6.69. The number of carbonyl (C=O) groups is 1. The molecule has 0 amide bonds. The number of rotatable bonds is 5. The Bertz CT molecular complexity index is 1560. The van der Waals surface area contributed by atoms with Gasteiger partial charge in [0.2, 0.25) is 5.82 Å². The highest BCUT2D eigenvalue weighted by Crippen LogP contribution is 2.40. The summed E-state index contributed by atoms with van der Waals surface area (Å²) >= 11 is 12.2. The predicted molar refractivity (Wildman–Crippen MR) is 123 cm³/mol. The van der Waals surface area contributed by atoms with E-state index in [0.717, 1.165) is 4.57 Å². The van der Waals surface area contributed by atoms with Gasteiger partial charge in [0.05, 0.1) is 5.56 Å². The van der Waals surface area contributed by atoms with Crippen LogP contribution in [0.25, 0.3) is 22.4 Å². The summed E-state index contributed by atoms with van der Waals surface area (Å²) in [4.78, 5) is 21.4. The maximum absolute atomic E-state index is 14.5. The molecule has 0 radical (unpaired) electrons. The minimum Gasteiger partial charge on any atom is -0.332 e. The van der Waals surface area contributed by atoms with E-state index in [0.29, 0.717) is 16.3 Å². The largest absolute Gasteiger partial charge is 0.432 e. The number of carbonyl (C=O) groups excluding carboxylic acids is 1. The Morgan fingerprint density at radius 2 is 1.80 bits per heavy atom. The number of fused-ring (bicyclic) bond motifs is 1. The molecule has 0 saturated carbocycles. The number of alkyl halides is 3. The van der Waals surface area contributed by atoms with Crippen LogP contribution in [0.4, 0.5) is 13.2 Å². The second-order valence-electron chi connectivity index (χ2n) is 7.53. The molecule has 0 unspecified atom stereocenters. The molecule has 5 rings (SSSR count). The van der Waals surface area contributed by atoms with Crippen LogP contribution >= 0.6 is 23.2 Å². The third-order valence-corrected chi connectivity index (χ3v) is 5.91. The summed E-state index contributed by atoms with van der Waals surface area (Å²) in [6.07, 6.45) is -3.39. The number of hydrogen-bond donors (Lipinski definition) is 0. The summed E-state index contributed by atoms with van der Waals surface area (Å²) in [7, 11) is 0. The molecule has 176 valence electrons. The van der Waals surface area contributed by atoms with E-state index in [-0.39, 0.29) is 28.3 Å². The molecule has 0 atom stereocenters. The van der Waals surface area contributed by atoms with Crippen molar-refractivity contribution in [2.45, 2.75) is 12.7 Å². The topological polar surface area (TPSA) is 73.8 Å². The second-order valence-corrected chi connectivity index (χ2v) is 8.37. The van der Waals surface area contributed by atoms with E-state index in [1.807, 2.05) is 0 Å². The van der Waals surface area contributed by atoms with Gasteiger partial charge in [-0.05, 0) is 35.9 Å². The minimum absolute atomic E-state index is 0.0146. The average molecular weight is 517 g/mol. The lowest BCUT2D eigenvalue weighted by Crippen LogP contribution is -2.19. The van der Waals surface area contributed by atoms with Gasteiger partial charge in [0.25, 0.3) is 11.7 Å². The normalized spacial score (nSPS) is 11.8. The fourth-order valence-electron chi connectivity index (χ4n) is 3.83. The molecule has 0 spiro atoms. The van der Waals surface area contributed by atoms with Crippen LogP contribution in [0.15, 0.2) is 71.4 Å². The Balaban J connectivity index is 1.68. The summed E-state index contributed by atoms with van der Waals surface area (Å²) in [5.74, 6) is -1.65. The van der Waals surface area contributed by atoms with Gasteiger partial charge in [-0.1, -0.05) is 58.7 Å². The van der Waals surface area contributed by atoms with Crippen LogP contribution in [-0.4, -0.2) is 25.5 Å². The molecular weight excluding hydrogens is 504 g/mol. The van der Waals surface area contributed by atoms with Gasteiger partial charge in [-0.15, -0.1) is 0 Å². The van der Waals surface area contributed by atoms with E-state index in [1.165, 1.54) is 36.5 Å². The van der Waals surface area contributed by atoms with Crippen molar-refractivity contribution in [2.24, 2.45) is 0 Å². The Morgan fingerprint density at radius 3 is 2.51 bits per heavy atom. The van der Waals surface area contributed by atoms with Gasteiger partial charge < -0.3 is 9.09 Å². The first-order valence-corrected chi connectivity index (χ1v) is 10.9. The molecule has 0 aliphatic carbocycles. The number of pyridine rings is 1. The number of aromatic nitrogens is 4. The molecule has 2 aromatic carbocycles. The maximum atomic E-state index is 14.5. The van der Waals surface area contributed by atoms with E-state index in [9.17, 15) is 18.0 Å². The lowest BCUT2D eigenvalue weighted by molar-refractivity contribution is -0.143. The molecule has 0 N–H and O–H groups in total. The van der Waals surface area contributed by atoms with E-state index in [4.69, 9.17) is 27.7 Å². The van der Waals surface area contributed by atoms with Crippen LogP contribution in [-0.2, 0) is 12.7 Å². The Kier molecular flexibility index (Phi) is 5.82. The third-order valence-electron chi connectivity index (χ3n) is 5.32. The Hall–Kier alpha value is -3.69. The molecule has 3 heterocycles. The first-order chi connectivity index (χ1) is 16.7. The molecule has 3 aromatic heterocycles. The molecule has 0 bridgehead atoms. The van der Waals surface area contributed by atoms with Crippen LogP contribution in [0.5, 0.6) is 0 Å². The highest BCUT2D eigenvalue weighted by molar-refractivity contribution is 6.35. The van der Waals surface area contributed by atoms with Gasteiger partial charge in [0.15, 0.2) is 0 Å². The van der Waals surface area contributed by atoms with Crippen molar-refractivity contribution in [3.8, 4) is 11.5 Å². The molecular formula is C24H13Cl2F3N4O2. The number of hydrogen-bond acceptors (Lipinski definition) is 5. The summed E-state index contributed by atoms with van der Waals surface area (Å²) in [5, 5.41) is 4.35. The first-order valence-electron chi connectivity index (χ1n) is 10.2. The molecule has 0 aliphatic rings. The number of halogens is 5. The second kappa shape index (κ2) is 8.83. The van der Waals surface area contributed by atoms with Gasteiger partial charge >= 0.3 is 6.18 Å². The van der Waals surface area contributed by atoms with E-state index in [1.54, 1.807) is 30.3 Å².